The second-order valence-electron chi connectivity index (χ2n) is 4.03. The normalized spacial score (nSPS) is 12.7. The van der Waals surface area contributed by atoms with E-state index in [4.69, 9.17) is 22.0 Å². The summed E-state index contributed by atoms with van der Waals surface area (Å²) >= 11 is 1.93. The van der Waals surface area contributed by atoms with Gasteiger partial charge in [0.25, 0.3) is 0 Å². The fourth-order valence-electron chi connectivity index (χ4n) is 1.42. The summed E-state index contributed by atoms with van der Waals surface area (Å²) in [5.41, 5.74) is 2.33. The van der Waals surface area contributed by atoms with Gasteiger partial charge in [-0.1, -0.05) is 11.6 Å². The molecule has 1 atom stereocenters. The number of aliphatic hydroxyl groups excluding tert-OH is 1. The first-order valence-electron chi connectivity index (χ1n) is 6.03. The van der Waals surface area contributed by atoms with E-state index in [1.54, 1.807) is 11.6 Å². The van der Waals surface area contributed by atoms with Crippen LogP contribution in [0.25, 0.3) is 0 Å². The molecule has 1 unspecified atom stereocenters. The number of carbonyl (C=O) groups excluding carboxylic acids is 1. The van der Waals surface area contributed by atoms with E-state index in [2.05, 4.69) is 14.2 Å². The van der Waals surface area contributed by atoms with Crippen molar-refractivity contribution in [1.29, 1.82) is 0 Å². The fourth-order valence-corrected chi connectivity index (χ4v) is 3.84. The Hall–Kier alpha value is -1.19. The van der Waals surface area contributed by atoms with Crippen molar-refractivity contribution in [2.24, 2.45) is 0 Å². The zero-order valence-corrected chi connectivity index (χ0v) is 15.3. The molecule has 0 saturated heterocycles. The van der Waals surface area contributed by atoms with E-state index in [-0.39, 0.29) is 22.6 Å². The Balaban J connectivity index is 0.000000277. The first kappa shape index (κ1) is 19.9. The fraction of sp³-hybridized carbons (Fsp3) is 0.167. The summed E-state index contributed by atoms with van der Waals surface area (Å²) in [7, 11) is 0. The minimum Gasteiger partial charge on any atom is -0.390 e. The molecule has 126 valence electrons. The standard InChI is InChI=1S/C8H10AsNO5.C4H4ClNOS/c1-6(11)10-8-5-3-2-4-7(8)9(12,13)15-14;5-4-3(1-7)6-2-8-4/h2-5,14H,1H3,(H,10,11)(H,12,13);2,7H,1H2. The third-order valence-corrected chi connectivity index (χ3v) is 6.07. The van der Waals surface area contributed by atoms with Crippen molar-refractivity contribution in [3.8, 4) is 0 Å². The van der Waals surface area contributed by atoms with Crippen LogP contribution in [0.4, 0.5) is 5.69 Å². The van der Waals surface area contributed by atoms with Crippen molar-refractivity contribution in [2.45, 2.75) is 13.5 Å². The smallest absolute Gasteiger partial charge is 0.118 e. The van der Waals surface area contributed by atoms with Gasteiger partial charge in [0.05, 0.1) is 17.8 Å². The average molecular weight is 425 g/mol. The molecule has 1 aromatic carbocycles. The molecule has 2 rings (SSSR count). The molecule has 0 spiro atoms. The Morgan fingerprint density at radius 3 is 2.57 bits per heavy atom. The van der Waals surface area contributed by atoms with Crippen LogP contribution in [-0.4, -0.2) is 39.5 Å². The number of aromatic nitrogens is 1. The molecule has 2 aromatic rings. The number of rotatable bonds is 4. The van der Waals surface area contributed by atoms with Crippen molar-refractivity contribution in [3.63, 3.8) is 0 Å². The SMILES string of the molecule is CC(=O)Nc1ccccc1[As](=O)(O)OO.OCc1ncsc1Cl. The Morgan fingerprint density at radius 1 is 1.48 bits per heavy atom. The number of para-hydroxylation sites is 1. The Morgan fingerprint density at radius 2 is 2.13 bits per heavy atom. The zero-order chi connectivity index (χ0) is 17.5. The number of anilines is 1. The molecule has 0 aliphatic carbocycles. The Labute approximate surface area is 143 Å². The maximum Gasteiger partial charge on any atom is 0.118 e. The van der Waals surface area contributed by atoms with Crippen LogP contribution < -0.4 is 9.67 Å². The molecule has 0 bridgehead atoms. The number of benzene rings is 1. The van der Waals surface area contributed by atoms with Crippen molar-refractivity contribution < 1.29 is 26.9 Å². The molecular formula is C12H14AsClN2O6S. The topological polar surface area (TPSA) is 129 Å². The minimum absolute atomic E-state index is 0.0671. The van der Waals surface area contributed by atoms with Gasteiger partial charge in [0.15, 0.2) is 0 Å². The van der Waals surface area contributed by atoms with Crippen LogP contribution in [0.5, 0.6) is 0 Å². The molecule has 0 saturated carbocycles. The summed E-state index contributed by atoms with van der Waals surface area (Å²) in [5, 5.41) is 19.1. The predicted octanol–water partition coefficient (Wildman–Crippen LogP) is 0.992. The third-order valence-electron chi connectivity index (χ3n) is 2.37. The van der Waals surface area contributed by atoms with Crippen molar-refractivity contribution in [3.05, 3.63) is 39.8 Å². The molecular weight excluding hydrogens is 411 g/mol. The summed E-state index contributed by atoms with van der Waals surface area (Å²) in [5.74, 6) is -0.379. The number of aliphatic hydroxyl groups is 1. The molecule has 1 amide bonds. The maximum atomic E-state index is 11.4. The molecule has 0 radical (unpaired) electrons. The van der Waals surface area contributed by atoms with E-state index in [0.29, 0.717) is 10.0 Å². The van der Waals surface area contributed by atoms with Crippen molar-refractivity contribution >= 4 is 53.1 Å². The van der Waals surface area contributed by atoms with Crippen molar-refractivity contribution in [2.75, 3.05) is 5.32 Å². The Kier molecular flexibility index (Phi) is 7.93. The number of nitrogens with one attached hydrogen (secondary N) is 1. The minimum atomic E-state index is -4.92. The second-order valence-corrected chi connectivity index (χ2v) is 9.03. The molecule has 23 heavy (non-hydrogen) atoms. The quantitative estimate of drug-likeness (QED) is 0.327. The number of halogens is 1. The summed E-state index contributed by atoms with van der Waals surface area (Å²) in [4.78, 5) is 14.6. The van der Waals surface area contributed by atoms with Gasteiger partial charge in [0.2, 0.25) is 0 Å². The maximum absolute atomic E-state index is 11.4. The first-order valence-corrected chi connectivity index (χ1v) is 10.6. The summed E-state index contributed by atoms with van der Waals surface area (Å²) in [6, 6.07) is 5.84. The number of carbonyl (C=O) groups is 1. The van der Waals surface area contributed by atoms with E-state index < -0.39 is 14.2 Å². The number of hydrogen-bond donors (Lipinski definition) is 4. The molecule has 1 aromatic heterocycles. The summed E-state index contributed by atoms with van der Waals surface area (Å²) < 4.78 is 24.7. The molecule has 1 heterocycles. The molecule has 11 heteroatoms. The number of hydrogen-bond acceptors (Lipinski definition) is 7. The van der Waals surface area contributed by atoms with Gasteiger partial charge in [-0.15, -0.1) is 11.3 Å². The number of nitrogens with zero attached hydrogens (tertiary/aromatic N) is 1. The third kappa shape index (κ3) is 6.08. The van der Waals surface area contributed by atoms with E-state index in [9.17, 15) is 12.6 Å². The van der Waals surface area contributed by atoms with Crippen LogP contribution >= 0.6 is 22.9 Å². The molecule has 0 aliphatic heterocycles. The van der Waals surface area contributed by atoms with E-state index >= 15 is 0 Å². The van der Waals surface area contributed by atoms with E-state index in [0.717, 1.165) is 0 Å². The van der Waals surface area contributed by atoms with E-state index in [1.807, 2.05) is 0 Å². The van der Waals surface area contributed by atoms with E-state index in [1.165, 1.54) is 36.5 Å². The molecule has 4 N–H and O–H groups in total. The van der Waals surface area contributed by atoms with Crippen LogP contribution in [0.1, 0.15) is 12.6 Å². The summed E-state index contributed by atoms with van der Waals surface area (Å²) in [6.45, 7) is 1.20. The van der Waals surface area contributed by atoms with Gasteiger partial charge in [-0.3, -0.25) is 0 Å². The Bertz CT molecular complexity index is 710. The predicted molar refractivity (Wildman–Crippen MR) is 85.8 cm³/mol. The largest absolute Gasteiger partial charge is 0.390 e. The molecule has 0 aliphatic rings. The first-order chi connectivity index (χ1) is 10.8. The second kappa shape index (κ2) is 9.19. The van der Waals surface area contributed by atoms with Crippen LogP contribution in [0.2, 0.25) is 4.34 Å². The number of amides is 1. The molecule has 8 nitrogen and oxygen atoms in total. The average Bonchev–Trinajstić information content (AvgIpc) is 2.93. The van der Waals surface area contributed by atoms with Crippen LogP contribution in [0.3, 0.4) is 0 Å². The van der Waals surface area contributed by atoms with Gasteiger partial charge < -0.3 is 5.11 Å². The zero-order valence-electron chi connectivity index (χ0n) is 11.8. The number of thiazole rings is 1. The van der Waals surface area contributed by atoms with Crippen LogP contribution in [-0.2, 0) is 19.0 Å². The van der Waals surface area contributed by atoms with Gasteiger partial charge >= 0.3 is 88.4 Å². The van der Waals surface area contributed by atoms with Gasteiger partial charge in [-0.25, -0.2) is 4.98 Å². The summed E-state index contributed by atoms with van der Waals surface area (Å²) in [6.07, 6.45) is 0. The van der Waals surface area contributed by atoms with Gasteiger partial charge in [0.1, 0.15) is 4.34 Å². The van der Waals surface area contributed by atoms with Gasteiger partial charge in [-0.05, 0) is 0 Å². The van der Waals surface area contributed by atoms with Crippen LogP contribution in [0.15, 0.2) is 29.8 Å². The van der Waals surface area contributed by atoms with Gasteiger partial charge in [-0.2, -0.15) is 0 Å². The van der Waals surface area contributed by atoms with Crippen LogP contribution in [0, 0.1) is 0 Å². The van der Waals surface area contributed by atoms with Gasteiger partial charge in [0, 0.05) is 0 Å². The molecule has 0 fully saturated rings. The monoisotopic (exact) mass is 424 g/mol. The van der Waals surface area contributed by atoms with Crippen molar-refractivity contribution in [1.82, 2.24) is 4.98 Å².